The lowest BCUT2D eigenvalue weighted by atomic mass is 10.3. The molecular weight excluding hydrogens is 373 g/mol. The van der Waals surface area contributed by atoms with Gasteiger partial charge < -0.3 is 9.73 Å². The second kappa shape index (κ2) is 6.45. The summed E-state index contributed by atoms with van der Waals surface area (Å²) in [6.07, 6.45) is 1.61. The first kappa shape index (κ1) is 15.0. The molecule has 3 aromatic rings. The van der Waals surface area contributed by atoms with Gasteiger partial charge in [0.2, 0.25) is 5.91 Å². The summed E-state index contributed by atoms with van der Waals surface area (Å²) in [5.41, 5.74) is 1.18. The topological polar surface area (TPSA) is 68.0 Å². The van der Waals surface area contributed by atoms with E-state index in [0.717, 1.165) is 11.8 Å². The minimum atomic E-state index is -0.501. The SMILES string of the molecule is O=C(CSc1nc2ncccc2o1)Nc1ccc(Br)cc1F. The Morgan fingerprint density at radius 2 is 2.27 bits per heavy atom. The highest BCUT2D eigenvalue weighted by molar-refractivity contribution is 9.10. The molecule has 0 aliphatic carbocycles. The molecule has 1 amide bonds. The molecule has 0 aliphatic heterocycles. The highest BCUT2D eigenvalue weighted by Gasteiger charge is 2.11. The molecule has 0 aliphatic rings. The number of rotatable bonds is 4. The largest absolute Gasteiger partial charge is 0.430 e. The van der Waals surface area contributed by atoms with E-state index in [-0.39, 0.29) is 17.3 Å². The van der Waals surface area contributed by atoms with E-state index in [2.05, 4.69) is 31.2 Å². The molecule has 0 bridgehead atoms. The van der Waals surface area contributed by atoms with Gasteiger partial charge in [-0.2, -0.15) is 4.98 Å². The van der Waals surface area contributed by atoms with E-state index in [4.69, 9.17) is 4.42 Å². The maximum atomic E-state index is 13.6. The number of carbonyl (C=O) groups excluding carboxylic acids is 1. The maximum absolute atomic E-state index is 13.6. The third kappa shape index (κ3) is 3.45. The molecule has 3 rings (SSSR count). The van der Waals surface area contributed by atoms with Crippen LogP contribution in [0.2, 0.25) is 0 Å². The number of aromatic nitrogens is 2. The van der Waals surface area contributed by atoms with Crippen molar-refractivity contribution in [2.24, 2.45) is 0 Å². The third-order valence-electron chi connectivity index (χ3n) is 2.68. The first-order valence-electron chi connectivity index (χ1n) is 6.21. The fourth-order valence-corrected chi connectivity index (χ4v) is 2.67. The normalized spacial score (nSPS) is 10.8. The van der Waals surface area contributed by atoms with Gasteiger partial charge >= 0.3 is 0 Å². The second-order valence-corrected chi connectivity index (χ2v) is 6.11. The van der Waals surface area contributed by atoms with Gasteiger partial charge in [-0.1, -0.05) is 27.7 Å². The van der Waals surface area contributed by atoms with E-state index in [1.165, 1.54) is 12.1 Å². The number of anilines is 1. The molecule has 0 spiro atoms. The van der Waals surface area contributed by atoms with E-state index in [1.807, 2.05) is 0 Å². The second-order valence-electron chi connectivity index (χ2n) is 4.27. The van der Waals surface area contributed by atoms with Gasteiger partial charge in [0.15, 0.2) is 11.2 Å². The zero-order chi connectivity index (χ0) is 15.5. The number of benzene rings is 1. The minimum Gasteiger partial charge on any atom is -0.430 e. The molecule has 22 heavy (non-hydrogen) atoms. The van der Waals surface area contributed by atoms with Crippen molar-refractivity contribution < 1.29 is 13.6 Å². The van der Waals surface area contributed by atoms with Gasteiger partial charge in [-0.15, -0.1) is 0 Å². The molecule has 0 saturated heterocycles. The Morgan fingerprint density at radius 1 is 1.41 bits per heavy atom. The Bertz CT molecular complexity index is 807. The molecule has 0 unspecified atom stereocenters. The number of hydrogen-bond acceptors (Lipinski definition) is 5. The van der Waals surface area contributed by atoms with Crippen molar-refractivity contribution in [1.29, 1.82) is 0 Å². The number of amides is 1. The zero-order valence-corrected chi connectivity index (χ0v) is 13.4. The van der Waals surface area contributed by atoms with Crippen LogP contribution in [0.4, 0.5) is 10.1 Å². The number of nitrogens with one attached hydrogen (secondary N) is 1. The van der Waals surface area contributed by atoms with Crippen molar-refractivity contribution >= 4 is 50.5 Å². The van der Waals surface area contributed by atoms with Crippen molar-refractivity contribution in [2.45, 2.75) is 5.22 Å². The Morgan fingerprint density at radius 3 is 3.05 bits per heavy atom. The number of hydrogen-bond donors (Lipinski definition) is 1. The highest BCUT2D eigenvalue weighted by Crippen LogP contribution is 2.23. The van der Waals surface area contributed by atoms with Crippen LogP contribution in [-0.2, 0) is 4.79 Å². The molecular formula is C14H9BrFN3O2S. The van der Waals surface area contributed by atoms with E-state index in [1.54, 1.807) is 24.4 Å². The predicted octanol–water partition coefficient (Wildman–Crippen LogP) is 3.86. The minimum absolute atomic E-state index is 0.0579. The fourth-order valence-electron chi connectivity index (χ4n) is 1.72. The van der Waals surface area contributed by atoms with Gasteiger partial charge in [0.1, 0.15) is 5.82 Å². The summed E-state index contributed by atoms with van der Waals surface area (Å²) in [6.45, 7) is 0. The molecule has 0 atom stereocenters. The summed E-state index contributed by atoms with van der Waals surface area (Å²) in [6, 6.07) is 7.92. The van der Waals surface area contributed by atoms with Crippen LogP contribution in [-0.4, -0.2) is 21.6 Å². The van der Waals surface area contributed by atoms with Crippen LogP contribution in [0.15, 0.2) is 50.6 Å². The maximum Gasteiger partial charge on any atom is 0.258 e. The number of nitrogens with zero attached hydrogens (tertiary/aromatic N) is 2. The van der Waals surface area contributed by atoms with Crippen molar-refractivity contribution in [2.75, 3.05) is 11.1 Å². The summed E-state index contributed by atoms with van der Waals surface area (Å²) in [7, 11) is 0. The summed E-state index contributed by atoms with van der Waals surface area (Å²) in [4.78, 5) is 20.0. The lowest BCUT2D eigenvalue weighted by Crippen LogP contribution is -2.15. The van der Waals surface area contributed by atoms with Gasteiger partial charge in [-0.25, -0.2) is 9.37 Å². The number of thioether (sulfide) groups is 1. The number of fused-ring (bicyclic) bond motifs is 1. The molecule has 0 saturated carbocycles. The van der Waals surface area contributed by atoms with Crippen LogP contribution >= 0.6 is 27.7 Å². The third-order valence-corrected chi connectivity index (χ3v) is 4.00. The van der Waals surface area contributed by atoms with Gasteiger partial charge in [0.25, 0.3) is 5.22 Å². The number of carbonyl (C=O) groups is 1. The van der Waals surface area contributed by atoms with Crippen LogP contribution < -0.4 is 5.32 Å². The first-order valence-corrected chi connectivity index (χ1v) is 7.99. The Kier molecular flexibility index (Phi) is 4.39. The lowest BCUT2D eigenvalue weighted by Gasteiger charge is -2.05. The van der Waals surface area contributed by atoms with E-state index in [9.17, 15) is 9.18 Å². The van der Waals surface area contributed by atoms with E-state index >= 15 is 0 Å². The van der Waals surface area contributed by atoms with Gasteiger partial charge in [0, 0.05) is 10.7 Å². The van der Waals surface area contributed by atoms with Gasteiger partial charge in [-0.05, 0) is 30.3 Å². The highest BCUT2D eigenvalue weighted by atomic mass is 79.9. The molecule has 8 heteroatoms. The standard InChI is InChI=1S/C14H9BrFN3O2S/c15-8-3-4-10(9(16)6-8)18-12(20)7-22-14-19-13-11(21-14)2-1-5-17-13/h1-6H,7H2,(H,18,20). The summed E-state index contributed by atoms with van der Waals surface area (Å²) in [5.74, 6) is -0.789. The van der Waals surface area contributed by atoms with Crippen molar-refractivity contribution in [3.05, 3.63) is 46.8 Å². The number of oxazole rings is 1. The van der Waals surface area contributed by atoms with Crippen LogP contribution in [0.25, 0.3) is 11.2 Å². The molecule has 5 nitrogen and oxygen atoms in total. The van der Waals surface area contributed by atoms with E-state index in [0.29, 0.717) is 20.9 Å². The van der Waals surface area contributed by atoms with Crippen LogP contribution in [0, 0.1) is 5.82 Å². The molecule has 112 valence electrons. The Balaban J connectivity index is 1.62. The first-order chi connectivity index (χ1) is 10.6. The van der Waals surface area contributed by atoms with Crippen molar-refractivity contribution in [3.63, 3.8) is 0 Å². The molecule has 1 aromatic carbocycles. The number of halogens is 2. The van der Waals surface area contributed by atoms with Gasteiger partial charge in [-0.3, -0.25) is 4.79 Å². The monoisotopic (exact) mass is 381 g/mol. The smallest absolute Gasteiger partial charge is 0.258 e. The molecule has 2 heterocycles. The van der Waals surface area contributed by atoms with E-state index < -0.39 is 5.82 Å². The molecule has 2 aromatic heterocycles. The number of pyridine rings is 1. The summed E-state index contributed by atoms with van der Waals surface area (Å²) < 4.78 is 19.7. The van der Waals surface area contributed by atoms with Crippen LogP contribution in [0.1, 0.15) is 0 Å². The average molecular weight is 382 g/mol. The summed E-state index contributed by atoms with van der Waals surface area (Å²) >= 11 is 4.28. The molecule has 0 radical (unpaired) electrons. The van der Waals surface area contributed by atoms with Crippen LogP contribution in [0.3, 0.4) is 0 Å². The average Bonchev–Trinajstić information content (AvgIpc) is 2.91. The quantitative estimate of drug-likeness (QED) is 0.695. The van der Waals surface area contributed by atoms with Gasteiger partial charge in [0.05, 0.1) is 11.4 Å². The van der Waals surface area contributed by atoms with Crippen LogP contribution in [0.5, 0.6) is 0 Å². The van der Waals surface area contributed by atoms with Crippen molar-refractivity contribution in [3.8, 4) is 0 Å². The summed E-state index contributed by atoms with van der Waals surface area (Å²) in [5, 5.41) is 2.85. The Hall–Kier alpha value is -1.93. The Labute approximate surface area is 137 Å². The fraction of sp³-hybridized carbons (Fsp3) is 0.0714. The zero-order valence-electron chi connectivity index (χ0n) is 11.0. The predicted molar refractivity (Wildman–Crippen MR) is 85.3 cm³/mol. The van der Waals surface area contributed by atoms with Crippen molar-refractivity contribution in [1.82, 2.24) is 9.97 Å². The molecule has 0 fully saturated rings. The molecule has 1 N–H and O–H groups in total. The lowest BCUT2D eigenvalue weighted by molar-refractivity contribution is -0.113.